The Morgan fingerprint density at radius 2 is 1.40 bits per heavy atom. The number of allylic oxidation sites excluding steroid dienone is 16. The molecular formula is C87H124N2O. The normalized spacial score (nSPS) is 44.5. The molecule has 90 heavy (non-hydrogen) atoms. The molecule has 19 atom stereocenters. The van der Waals surface area contributed by atoms with E-state index in [9.17, 15) is 0 Å². The maximum atomic E-state index is 7.18. The molecule has 1 saturated heterocycles. The summed E-state index contributed by atoms with van der Waals surface area (Å²) in [4.78, 5) is 6.31. The van der Waals surface area contributed by atoms with Gasteiger partial charge in [0, 0.05) is 52.3 Å². The maximum Gasteiger partial charge on any atom is 0.0616 e. The highest BCUT2D eigenvalue weighted by molar-refractivity contribution is 5.54. The lowest BCUT2D eigenvalue weighted by molar-refractivity contribution is -0.0336. The summed E-state index contributed by atoms with van der Waals surface area (Å²) in [6.45, 7) is 17.3. The van der Waals surface area contributed by atoms with Crippen LogP contribution in [0.15, 0.2) is 130 Å². The number of likely N-dealkylation sites (tertiary alicyclic amines) is 1. The van der Waals surface area contributed by atoms with Crippen molar-refractivity contribution >= 4 is 0 Å². The minimum atomic E-state index is 0.258. The number of nitrogens with zero attached hydrogens (tertiary/aromatic N) is 2. The standard InChI is InChI=1S/C87H124N2O/c1-7-59-30-45-70(46-31-59)90-71-47-39-65(40-48-71)86(64-37-35-62(36-38-64)85(4,5)6)80-53-57(2)29-49-73(80)75-51-44-68(55-81(75)86)88(67-41-32-60(33-42-67)61-34-52-84-77(54-61)76-24-15-17-28-83(76)89(84)66-22-12-9-13-23-66)69-43-50-74-72-25-18-27-79(72)87(82(74)56-69,63-20-10-8-11-21-63)78-26-16-14-19-58(78)3/h7,12,20,22,30,32,34,39,41,52,54,56-58,62,64,66,68,70-73,75-81,83-84H,1,8-11,13-19,21,23-29,31,33,35-38,40,42-51,53,55H2,2-6H3. The SMILES string of the molecule is C=CC1=CCC(OC2CC=C(C3(C4CCC(C(C)(C)C)CC4)C4CC(C)CCC4C4CCC(N(C5=CC=C(C6=CC7C8CCCCC8N(C8C=CCCC8)C7C=C6)CC5)C5=CC6=C(CC5)C5CCCC5C6(C5=CCCCC5)C5CCCCC5C)CC43)CC2)CC1. The molecule has 0 N–H and O–H groups in total. The van der Waals surface area contributed by atoms with E-state index < -0.39 is 0 Å². The molecule has 488 valence electrons. The van der Waals surface area contributed by atoms with E-state index >= 15 is 0 Å². The van der Waals surface area contributed by atoms with Gasteiger partial charge in [-0.1, -0.05) is 169 Å². The minimum absolute atomic E-state index is 0.258. The summed E-state index contributed by atoms with van der Waals surface area (Å²) < 4.78 is 7.18. The molecule has 15 aliphatic carbocycles. The summed E-state index contributed by atoms with van der Waals surface area (Å²) in [6, 6.07) is 2.53. The Morgan fingerprint density at radius 3 is 2.14 bits per heavy atom. The molecule has 16 aliphatic rings. The number of rotatable bonds is 12. The van der Waals surface area contributed by atoms with Crippen molar-refractivity contribution in [2.45, 2.75) is 315 Å². The molecule has 0 aromatic heterocycles. The van der Waals surface area contributed by atoms with Gasteiger partial charge in [-0.25, -0.2) is 0 Å². The van der Waals surface area contributed by atoms with Crippen LogP contribution in [0, 0.1) is 93.2 Å². The van der Waals surface area contributed by atoms with Crippen LogP contribution in [-0.4, -0.2) is 46.2 Å². The summed E-state index contributed by atoms with van der Waals surface area (Å²) in [5, 5.41) is 0. The zero-order valence-corrected chi connectivity index (χ0v) is 57.8. The third-order valence-electron chi connectivity index (χ3n) is 30.6. The molecule has 3 heteroatoms. The van der Waals surface area contributed by atoms with Gasteiger partial charge >= 0.3 is 0 Å². The first-order chi connectivity index (χ1) is 44.0. The van der Waals surface area contributed by atoms with E-state index in [-0.39, 0.29) is 5.41 Å². The first-order valence-corrected chi connectivity index (χ1v) is 39.8. The Hall–Kier alpha value is -3.14. The van der Waals surface area contributed by atoms with Gasteiger partial charge in [0.2, 0.25) is 0 Å². The van der Waals surface area contributed by atoms with Crippen molar-refractivity contribution in [3.63, 3.8) is 0 Å². The molecule has 16 rings (SSSR count). The summed E-state index contributed by atoms with van der Waals surface area (Å²) in [5.41, 5.74) is 16.9. The van der Waals surface area contributed by atoms with Gasteiger partial charge in [-0.3, -0.25) is 4.90 Å². The molecule has 8 fully saturated rings. The van der Waals surface area contributed by atoms with Crippen LogP contribution in [0.1, 0.15) is 279 Å². The number of hydrogen-bond acceptors (Lipinski definition) is 3. The van der Waals surface area contributed by atoms with Crippen molar-refractivity contribution in [1.82, 2.24) is 9.80 Å². The molecule has 0 aromatic carbocycles. The van der Waals surface area contributed by atoms with Crippen LogP contribution in [0.5, 0.6) is 0 Å². The van der Waals surface area contributed by atoms with Gasteiger partial charge in [0.15, 0.2) is 0 Å². The lowest BCUT2D eigenvalue weighted by Gasteiger charge is -2.56. The lowest BCUT2D eigenvalue weighted by Crippen LogP contribution is -2.50. The smallest absolute Gasteiger partial charge is 0.0616 e. The Kier molecular flexibility index (Phi) is 17.5. The summed E-state index contributed by atoms with van der Waals surface area (Å²) in [7, 11) is 0. The Labute approximate surface area is 549 Å². The van der Waals surface area contributed by atoms with Crippen molar-refractivity contribution in [3.8, 4) is 0 Å². The Bertz CT molecular complexity index is 3000. The van der Waals surface area contributed by atoms with Crippen LogP contribution in [0.4, 0.5) is 0 Å². The Balaban J connectivity index is 0.795. The topological polar surface area (TPSA) is 15.7 Å². The molecular weight excluding hydrogens is 1090 g/mol. The van der Waals surface area contributed by atoms with Crippen molar-refractivity contribution in [3.05, 3.63) is 130 Å². The third-order valence-corrected chi connectivity index (χ3v) is 30.6. The second-order valence-electron chi connectivity index (χ2n) is 35.5. The van der Waals surface area contributed by atoms with Crippen LogP contribution in [0.2, 0.25) is 0 Å². The van der Waals surface area contributed by atoms with Crippen molar-refractivity contribution in [1.29, 1.82) is 0 Å². The van der Waals surface area contributed by atoms with E-state index in [1.165, 1.54) is 224 Å². The van der Waals surface area contributed by atoms with E-state index in [0.29, 0.717) is 47.1 Å². The molecule has 7 saturated carbocycles. The molecule has 0 bridgehead atoms. The van der Waals surface area contributed by atoms with Gasteiger partial charge in [-0.05, 0) is 304 Å². The largest absolute Gasteiger partial charge is 0.374 e. The highest BCUT2D eigenvalue weighted by atomic mass is 16.5. The summed E-state index contributed by atoms with van der Waals surface area (Å²) in [6.07, 6.45) is 84.8. The lowest BCUT2D eigenvalue weighted by atomic mass is 9.50. The van der Waals surface area contributed by atoms with E-state index in [2.05, 4.69) is 124 Å². The maximum absolute atomic E-state index is 7.18. The van der Waals surface area contributed by atoms with Crippen LogP contribution in [0.3, 0.4) is 0 Å². The molecule has 19 unspecified atom stereocenters. The predicted molar refractivity (Wildman–Crippen MR) is 376 cm³/mol. The quantitative estimate of drug-likeness (QED) is 0.181. The fraction of sp³-hybridized carbons (Fsp3) is 0.747. The zero-order valence-electron chi connectivity index (χ0n) is 57.8. The van der Waals surface area contributed by atoms with E-state index in [1.54, 1.807) is 22.5 Å². The number of hydrogen-bond donors (Lipinski definition) is 0. The number of ether oxygens (including phenoxy) is 1. The van der Waals surface area contributed by atoms with Crippen molar-refractivity contribution in [2.24, 2.45) is 93.2 Å². The summed E-state index contributed by atoms with van der Waals surface area (Å²) >= 11 is 0. The second-order valence-corrected chi connectivity index (χ2v) is 35.5. The van der Waals surface area contributed by atoms with Gasteiger partial charge in [-0.15, -0.1) is 0 Å². The Morgan fingerprint density at radius 1 is 0.611 bits per heavy atom. The fourth-order valence-corrected chi connectivity index (χ4v) is 26.9. The van der Waals surface area contributed by atoms with Gasteiger partial charge in [0.05, 0.1) is 12.2 Å². The average Bonchev–Trinajstić information content (AvgIpc) is 1.53. The van der Waals surface area contributed by atoms with E-state index in [0.717, 1.165) is 103 Å². The molecule has 0 amide bonds. The molecule has 0 aromatic rings. The highest BCUT2D eigenvalue weighted by Gasteiger charge is 2.67. The van der Waals surface area contributed by atoms with Crippen molar-refractivity contribution < 1.29 is 4.74 Å². The molecule has 1 aliphatic heterocycles. The third kappa shape index (κ3) is 10.6. The second kappa shape index (κ2) is 25.5. The number of fused-ring (bicyclic) bond motifs is 8. The van der Waals surface area contributed by atoms with Crippen LogP contribution < -0.4 is 0 Å². The molecule has 3 nitrogen and oxygen atoms in total. The van der Waals surface area contributed by atoms with Gasteiger partial charge in [-0.2, -0.15) is 0 Å². The van der Waals surface area contributed by atoms with E-state index in [4.69, 9.17) is 4.74 Å². The monoisotopic (exact) mass is 1210 g/mol. The van der Waals surface area contributed by atoms with E-state index in [1.807, 2.05) is 22.3 Å². The van der Waals surface area contributed by atoms with Gasteiger partial charge in [0.25, 0.3) is 0 Å². The first-order valence-electron chi connectivity index (χ1n) is 39.8. The molecule has 1 heterocycles. The molecule has 0 radical (unpaired) electrons. The van der Waals surface area contributed by atoms with Crippen molar-refractivity contribution in [2.75, 3.05) is 0 Å². The average molecular weight is 1210 g/mol. The highest BCUT2D eigenvalue weighted by Crippen LogP contribution is 2.74. The minimum Gasteiger partial charge on any atom is -0.374 e. The van der Waals surface area contributed by atoms with Crippen LogP contribution in [-0.2, 0) is 4.74 Å². The van der Waals surface area contributed by atoms with Gasteiger partial charge in [0.1, 0.15) is 0 Å². The van der Waals surface area contributed by atoms with Gasteiger partial charge < -0.3 is 9.64 Å². The zero-order chi connectivity index (χ0) is 60.9. The van der Waals surface area contributed by atoms with Crippen LogP contribution >= 0.6 is 0 Å². The molecule has 0 spiro atoms. The van der Waals surface area contributed by atoms with Crippen LogP contribution in [0.25, 0.3) is 0 Å². The predicted octanol–water partition coefficient (Wildman–Crippen LogP) is 22.9. The summed E-state index contributed by atoms with van der Waals surface area (Å²) in [5.74, 6) is 10.6. The first kappa shape index (κ1) is 61.7. The fourth-order valence-electron chi connectivity index (χ4n) is 26.9.